The van der Waals surface area contributed by atoms with Crippen LogP contribution in [0.2, 0.25) is 0 Å². The van der Waals surface area contributed by atoms with Crippen molar-refractivity contribution in [2.45, 2.75) is 26.2 Å². The van der Waals surface area contributed by atoms with E-state index in [9.17, 15) is 0 Å². The molecule has 0 radical (unpaired) electrons. The minimum atomic E-state index is 0.472. The molecule has 0 aliphatic rings. The minimum Gasteiger partial charge on any atom is -0.493 e. The van der Waals surface area contributed by atoms with Gasteiger partial charge in [-0.25, -0.2) is 0 Å². The first-order valence-corrected chi connectivity index (χ1v) is 9.98. The Morgan fingerprint density at radius 2 is 1.90 bits per heavy atom. The van der Waals surface area contributed by atoms with Gasteiger partial charge >= 0.3 is 0 Å². The molecule has 3 aromatic rings. The molecule has 1 aromatic heterocycles. The van der Waals surface area contributed by atoms with Crippen LogP contribution in [0.25, 0.3) is 10.9 Å². The number of nitrogens with one attached hydrogen (secondary N) is 2. The van der Waals surface area contributed by atoms with Crippen molar-refractivity contribution in [3.63, 3.8) is 0 Å². The number of hydrogen-bond donors (Lipinski definition) is 3. The Balaban J connectivity index is 1.50. The van der Waals surface area contributed by atoms with Crippen molar-refractivity contribution in [2.75, 3.05) is 27.3 Å². The maximum absolute atomic E-state index is 6.02. The molecule has 29 heavy (non-hydrogen) atoms. The van der Waals surface area contributed by atoms with Crippen LogP contribution < -0.4 is 20.5 Å². The lowest BCUT2D eigenvalue weighted by Gasteiger charge is -2.10. The number of methoxy groups -OCH3 is 2. The standard InChI is InChI=1S/C23H30N4O2/c1-4-17-6-5-7-19-18(15-27-22(17)19)11-13-26-23(24)25-12-10-16-8-9-20(28-2)21(14-16)29-3/h5-9,14-15,27H,4,10-13H2,1-3H3,(H3,24,25,26). The number of guanidine groups is 1. The Labute approximate surface area is 172 Å². The third-order valence-corrected chi connectivity index (χ3v) is 5.10. The zero-order valence-corrected chi connectivity index (χ0v) is 17.4. The van der Waals surface area contributed by atoms with E-state index in [2.05, 4.69) is 46.6 Å². The number of aryl methyl sites for hydroxylation is 1. The SMILES string of the molecule is CCc1cccc2c(CCN=C(N)NCCc3ccc(OC)c(OC)c3)c[nH]c12. The summed E-state index contributed by atoms with van der Waals surface area (Å²) in [7, 11) is 3.27. The van der Waals surface area contributed by atoms with Gasteiger partial charge in [0.2, 0.25) is 0 Å². The quantitative estimate of drug-likeness (QED) is 0.383. The summed E-state index contributed by atoms with van der Waals surface area (Å²) in [5.74, 6) is 1.93. The second-order valence-corrected chi connectivity index (χ2v) is 6.89. The monoisotopic (exact) mass is 394 g/mol. The van der Waals surface area contributed by atoms with E-state index in [-0.39, 0.29) is 0 Å². The molecule has 6 nitrogen and oxygen atoms in total. The normalized spacial score (nSPS) is 11.6. The lowest BCUT2D eigenvalue weighted by Crippen LogP contribution is -2.33. The van der Waals surface area contributed by atoms with Gasteiger partial charge in [0.05, 0.1) is 14.2 Å². The summed E-state index contributed by atoms with van der Waals surface area (Å²) in [5, 5.41) is 4.46. The van der Waals surface area contributed by atoms with Gasteiger partial charge < -0.3 is 25.5 Å². The molecule has 1 heterocycles. The van der Waals surface area contributed by atoms with E-state index < -0.39 is 0 Å². The van der Waals surface area contributed by atoms with Crippen molar-refractivity contribution >= 4 is 16.9 Å². The average Bonchev–Trinajstić information content (AvgIpc) is 3.16. The third-order valence-electron chi connectivity index (χ3n) is 5.10. The number of hydrogen-bond acceptors (Lipinski definition) is 3. The topological polar surface area (TPSA) is 84.7 Å². The number of nitrogens with zero attached hydrogens (tertiary/aromatic N) is 1. The van der Waals surface area contributed by atoms with Crippen molar-refractivity contribution in [3.05, 3.63) is 59.3 Å². The number of rotatable bonds is 9. The summed E-state index contributed by atoms with van der Waals surface area (Å²) in [6.07, 6.45) is 4.77. The lowest BCUT2D eigenvalue weighted by atomic mass is 10.1. The first kappa shape index (κ1) is 20.6. The molecular formula is C23H30N4O2. The zero-order chi connectivity index (χ0) is 20.6. The first-order chi connectivity index (χ1) is 14.2. The largest absolute Gasteiger partial charge is 0.493 e. The molecule has 0 aliphatic heterocycles. The lowest BCUT2D eigenvalue weighted by molar-refractivity contribution is 0.354. The molecule has 3 rings (SSSR count). The molecule has 0 spiro atoms. The Bertz CT molecular complexity index is 978. The van der Waals surface area contributed by atoms with Crippen LogP contribution >= 0.6 is 0 Å². The van der Waals surface area contributed by atoms with Crippen molar-refractivity contribution < 1.29 is 9.47 Å². The summed E-state index contributed by atoms with van der Waals surface area (Å²) in [5.41, 5.74) is 11.0. The smallest absolute Gasteiger partial charge is 0.188 e. The van der Waals surface area contributed by atoms with Crippen LogP contribution in [0, 0.1) is 0 Å². The molecule has 0 unspecified atom stereocenters. The van der Waals surface area contributed by atoms with E-state index >= 15 is 0 Å². The highest BCUT2D eigenvalue weighted by molar-refractivity contribution is 5.86. The highest BCUT2D eigenvalue weighted by atomic mass is 16.5. The maximum Gasteiger partial charge on any atom is 0.188 e. The predicted octanol–water partition coefficient (Wildman–Crippen LogP) is 3.44. The number of aromatic amines is 1. The number of para-hydroxylation sites is 1. The fourth-order valence-electron chi connectivity index (χ4n) is 3.50. The van der Waals surface area contributed by atoms with Crippen LogP contribution in [-0.2, 0) is 19.3 Å². The Hall–Kier alpha value is -3.15. The van der Waals surface area contributed by atoms with E-state index in [0.29, 0.717) is 19.0 Å². The van der Waals surface area contributed by atoms with Crippen LogP contribution in [0.5, 0.6) is 11.5 Å². The van der Waals surface area contributed by atoms with Crippen LogP contribution in [0.15, 0.2) is 47.6 Å². The first-order valence-electron chi connectivity index (χ1n) is 9.98. The van der Waals surface area contributed by atoms with Gasteiger partial charge in [-0.1, -0.05) is 31.2 Å². The summed E-state index contributed by atoms with van der Waals surface area (Å²) in [6.45, 7) is 3.53. The van der Waals surface area contributed by atoms with Crippen LogP contribution in [0.4, 0.5) is 0 Å². The van der Waals surface area contributed by atoms with Gasteiger partial charge in [0.1, 0.15) is 0 Å². The molecule has 0 atom stereocenters. The van der Waals surface area contributed by atoms with E-state index in [4.69, 9.17) is 15.2 Å². The van der Waals surface area contributed by atoms with E-state index in [1.165, 1.54) is 22.0 Å². The summed E-state index contributed by atoms with van der Waals surface area (Å²) in [4.78, 5) is 7.87. The summed E-state index contributed by atoms with van der Waals surface area (Å²) >= 11 is 0. The van der Waals surface area contributed by atoms with Gasteiger partial charge in [0.25, 0.3) is 0 Å². The molecule has 0 saturated heterocycles. The molecule has 2 aromatic carbocycles. The average molecular weight is 395 g/mol. The Morgan fingerprint density at radius 3 is 2.66 bits per heavy atom. The van der Waals surface area contributed by atoms with Crippen molar-refractivity contribution in [3.8, 4) is 11.5 Å². The molecule has 0 fully saturated rings. The molecule has 4 N–H and O–H groups in total. The van der Waals surface area contributed by atoms with Gasteiger partial charge in [-0.15, -0.1) is 0 Å². The van der Waals surface area contributed by atoms with Gasteiger partial charge in [0, 0.05) is 30.2 Å². The predicted molar refractivity (Wildman–Crippen MR) is 119 cm³/mol. The van der Waals surface area contributed by atoms with Gasteiger partial charge in [-0.05, 0) is 48.1 Å². The van der Waals surface area contributed by atoms with E-state index in [1.807, 2.05) is 18.2 Å². The van der Waals surface area contributed by atoms with Crippen molar-refractivity contribution in [1.82, 2.24) is 10.3 Å². The van der Waals surface area contributed by atoms with Gasteiger partial charge in [-0.3, -0.25) is 4.99 Å². The second-order valence-electron chi connectivity index (χ2n) is 6.89. The van der Waals surface area contributed by atoms with Crippen molar-refractivity contribution in [1.29, 1.82) is 0 Å². The maximum atomic E-state index is 6.02. The zero-order valence-electron chi connectivity index (χ0n) is 17.4. The highest BCUT2D eigenvalue weighted by Gasteiger charge is 2.07. The van der Waals surface area contributed by atoms with Crippen LogP contribution in [0.1, 0.15) is 23.6 Å². The fraction of sp³-hybridized carbons (Fsp3) is 0.348. The molecule has 6 heteroatoms. The molecular weight excluding hydrogens is 364 g/mol. The third kappa shape index (κ3) is 5.02. The number of H-pyrrole nitrogens is 1. The molecule has 154 valence electrons. The van der Waals surface area contributed by atoms with E-state index in [1.54, 1.807) is 14.2 Å². The molecule has 0 bridgehead atoms. The number of ether oxygens (including phenoxy) is 2. The number of aliphatic imine (C=N–C) groups is 1. The molecule has 0 saturated carbocycles. The number of fused-ring (bicyclic) bond motifs is 1. The van der Waals surface area contributed by atoms with E-state index in [0.717, 1.165) is 36.3 Å². The fourth-order valence-corrected chi connectivity index (χ4v) is 3.50. The molecule has 0 aliphatic carbocycles. The molecule has 0 amide bonds. The van der Waals surface area contributed by atoms with Gasteiger partial charge in [0.15, 0.2) is 17.5 Å². The highest BCUT2D eigenvalue weighted by Crippen LogP contribution is 2.27. The van der Waals surface area contributed by atoms with Gasteiger partial charge in [-0.2, -0.15) is 0 Å². The second kappa shape index (κ2) is 9.87. The van der Waals surface area contributed by atoms with Crippen LogP contribution in [0.3, 0.4) is 0 Å². The van der Waals surface area contributed by atoms with Crippen molar-refractivity contribution in [2.24, 2.45) is 10.7 Å². The minimum absolute atomic E-state index is 0.472. The van der Waals surface area contributed by atoms with Crippen LogP contribution in [-0.4, -0.2) is 38.3 Å². The number of aromatic nitrogens is 1. The summed E-state index contributed by atoms with van der Waals surface area (Å²) in [6, 6.07) is 12.4. The number of benzene rings is 2. The summed E-state index contributed by atoms with van der Waals surface area (Å²) < 4.78 is 10.6. The Kier molecular flexibility index (Phi) is 7.00. The number of nitrogens with two attached hydrogens (primary N) is 1. The Morgan fingerprint density at radius 1 is 1.07 bits per heavy atom.